The number of para-hydroxylation sites is 1. The van der Waals surface area contributed by atoms with E-state index in [0.29, 0.717) is 0 Å². The number of carbonyl (C=O) groups is 2. The Labute approximate surface area is 139 Å². The van der Waals surface area contributed by atoms with Gasteiger partial charge in [-0.2, -0.15) is 0 Å². The summed E-state index contributed by atoms with van der Waals surface area (Å²) < 4.78 is 0. The fourth-order valence-corrected chi connectivity index (χ4v) is 1.77. The number of benzene rings is 2. The average Bonchev–Trinajstić information content (AvgIpc) is 2.49. The zero-order valence-electron chi connectivity index (χ0n) is 13.4. The number of carboxylic acid groups (broad SMARTS) is 1. The summed E-state index contributed by atoms with van der Waals surface area (Å²) in [5.74, 6) is -1.99. The van der Waals surface area contributed by atoms with E-state index in [9.17, 15) is 14.7 Å². The highest BCUT2D eigenvalue weighted by Gasteiger charge is 2.14. The molecule has 0 aromatic heterocycles. The van der Waals surface area contributed by atoms with Crippen LogP contribution in [-0.4, -0.2) is 27.9 Å². The van der Waals surface area contributed by atoms with Gasteiger partial charge in [0.05, 0.1) is 11.3 Å². The molecule has 0 heterocycles. The van der Waals surface area contributed by atoms with Crippen molar-refractivity contribution in [1.29, 1.82) is 0 Å². The van der Waals surface area contributed by atoms with E-state index in [1.807, 2.05) is 31.2 Å². The van der Waals surface area contributed by atoms with Crippen LogP contribution in [0.3, 0.4) is 0 Å². The van der Waals surface area contributed by atoms with Crippen molar-refractivity contribution in [2.24, 2.45) is 16.5 Å². The van der Waals surface area contributed by atoms with E-state index in [2.05, 4.69) is 4.99 Å². The number of phenols is 1. The molecule has 0 saturated heterocycles. The molecule has 2 rings (SSSR count). The van der Waals surface area contributed by atoms with Crippen molar-refractivity contribution < 1.29 is 19.8 Å². The van der Waals surface area contributed by atoms with Gasteiger partial charge >= 0.3 is 5.97 Å². The minimum Gasteiger partial charge on any atom is -0.506 e. The van der Waals surface area contributed by atoms with Crippen LogP contribution in [0.2, 0.25) is 0 Å². The first kappa shape index (κ1) is 18.7. The molecule has 2 aromatic rings. The number of ketones is 1. The van der Waals surface area contributed by atoms with Gasteiger partial charge in [0.25, 0.3) is 0 Å². The number of rotatable bonds is 3. The van der Waals surface area contributed by atoms with E-state index in [-0.39, 0.29) is 22.9 Å². The minimum absolute atomic E-state index is 0.0277. The fraction of sp³-hybridized carbons (Fsp3) is 0.118. The molecule has 0 atom stereocenters. The molecule has 2 aromatic carbocycles. The molecule has 7 heteroatoms. The van der Waals surface area contributed by atoms with Gasteiger partial charge in [-0.05, 0) is 38.1 Å². The Morgan fingerprint density at radius 3 is 2.00 bits per heavy atom. The zero-order valence-corrected chi connectivity index (χ0v) is 13.4. The predicted molar refractivity (Wildman–Crippen MR) is 91.7 cm³/mol. The monoisotopic (exact) mass is 329 g/mol. The molecule has 0 amide bonds. The molecule has 0 bridgehead atoms. The number of Topliss-reactive ketones (excluding diaryl/α,β-unsaturated/α-hetero) is 1. The van der Waals surface area contributed by atoms with Crippen molar-refractivity contribution >= 4 is 23.4 Å². The molecule has 24 heavy (non-hydrogen) atoms. The zero-order chi connectivity index (χ0) is 18.3. The highest BCUT2D eigenvalue weighted by molar-refractivity contribution is 6.01. The Hall–Kier alpha value is -3.35. The number of guanidine groups is 1. The molecule has 0 saturated carbocycles. The Morgan fingerprint density at radius 1 is 1.00 bits per heavy atom. The van der Waals surface area contributed by atoms with Gasteiger partial charge in [-0.25, -0.2) is 9.79 Å². The van der Waals surface area contributed by atoms with Crippen molar-refractivity contribution in [3.05, 3.63) is 59.2 Å². The summed E-state index contributed by atoms with van der Waals surface area (Å²) in [6.07, 6.45) is 0. The van der Waals surface area contributed by atoms with Crippen molar-refractivity contribution in [3.8, 4) is 5.75 Å². The van der Waals surface area contributed by atoms with Gasteiger partial charge in [-0.15, -0.1) is 0 Å². The third-order valence-electron chi connectivity index (χ3n) is 2.94. The first-order valence-electron chi connectivity index (χ1n) is 6.95. The summed E-state index contributed by atoms with van der Waals surface area (Å²) in [7, 11) is 0. The van der Waals surface area contributed by atoms with Crippen LogP contribution in [0, 0.1) is 6.92 Å². The summed E-state index contributed by atoms with van der Waals surface area (Å²) in [6, 6.07) is 11.7. The van der Waals surface area contributed by atoms with E-state index in [0.717, 1.165) is 5.69 Å². The lowest BCUT2D eigenvalue weighted by molar-refractivity contribution is 0.0693. The molecular formula is C17H19N3O4. The number of aromatic hydroxyl groups is 1. The second-order valence-corrected chi connectivity index (χ2v) is 4.94. The number of nitrogens with two attached hydrogens (primary N) is 2. The number of aryl methyl sites for hydroxylation is 1. The number of hydrogen-bond donors (Lipinski definition) is 4. The lowest BCUT2D eigenvalue weighted by Crippen LogP contribution is -2.21. The second kappa shape index (κ2) is 8.33. The van der Waals surface area contributed by atoms with Crippen LogP contribution in [0.25, 0.3) is 0 Å². The summed E-state index contributed by atoms with van der Waals surface area (Å²) >= 11 is 0. The van der Waals surface area contributed by atoms with Gasteiger partial charge < -0.3 is 21.7 Å². The molecule has 0 spiro atoms. The van der Waals surface area contributed by atoms with Gasteiger partial charge in [-0.3, -0.25) is 4.79 Å². The van der Waals surface area contributed by atoms with Crippen LogP contribution < -0.4 is 11.5 Å². The third kappa shape index (κ3) is 5.45. The number of carboxylic acids is 1. The van der Waals surface area contributed by atoms with E-state index in [1.54, 1.807) is 0 Å². The van der Waals surface area contributed by atoms with Crippen LogP contribution in [0.15, 0.2) is 47.5 Å². The Balaban J connectivity index is 0.000000243. The molecule has 0 radical (unpaired) electrons. The number of nitrogens with zero attached hydrogens (tertiary/aromatic N) is 1. The second-order valence-electron chi connectivity index (χ2n) is 4.94. The maximum Gasteiger partial charge on any atom is 0.339 e. The van der Waals surface area contributed by atoms with Gasteiger partial charge in [0.15, 0.2) is 11.7 Å². The number of aliphatic imine (C=N–C) groups is 1. The minimum atomic E-state index is -1.25. The standard InChI is InChI=1S/C9H8O4.C8H11N3/c1-5(10)6-3-2-4-7(8(6)11)9(12)13;1-6-2-4-7(5-3-6)11-8(9)10/h2-4,11H,1H3,(H,12,13);2-5H,1H3,(H4,9,10,11). The number of carbonyl (C=O) groups excluding carboxylic acids is 1. The third-order valence-corrected chi connectivity index (χ3v) is 2.94. The summed E-state index contributed by atoms with van der Waals surface area (Å²) in [6.45, 7) is 3.28. The van der Waals surface area contributed by atoms with Gasteiger partial charge in [0.2, 0.25) is 0 Å². The molecular weight excluding hydrogens is 310 g/mol. The number of hydrogen-bond acceptors (Lipinski definition) is 4. The molecule has 0 unspecified atom stereocenters. The van der Waals surface area contributed by atoms with E-state index in [1.165, 1.54) is 30.7 Å². The summed E-state index contributed by atoms with van der Waals surface area (Å²) in [4.78, 5) is 25.3. The maximum atomic E-state index is 10.9. The van der Waals surface area contributed by atoms with Crippen molar-refractivity contribution in [1.82, 2.24) is 0 Å². The molecule has 126 valence electrons. The molecule has 0 aliphatic carbocycles. The van der Waals surface area contributed by atoms with E-state index >= 15 is 0 Å². The average molecular weight is 329 g/mol. The van der Waals surface area contributed by atoms with Crippen LogP contribution in [-0.2, 0) is 0 Å². The van der Waals surface area contributed by atoms with Gasteiger partial charge in [0, 0.05) is 0 Å². The predicted octanol–water partition coefficient (Wildman–Crippen LogP) is 2.19. The van der Waals surface area contributed by atoms with Gasteiger partial charge in [-0.1, -0.05) is 23.8 Å². The molecule has 0 aliphatic heterocycles. The Kier molecular flexibility index (Phi) is 6.49. The van der Waals surface area contributed by atoms with Crippen LogP contribution in [0.4, 0.5) is 5.69 Å². The molecule has 0 fully saturated rings. The highest BCUT2D eigenvalue weighted by atomic mass is 16.4. The fourth-order valence-electron chi connectivity index (χ4n) is 1.77. The quantitative estimate of drug-likeness (QED) is 0.387. The number of aromatic carboxylic acids is 1. The Bertz CT molecular complexity index is 732. The first-order chi connectivity index (χ1) is 11.2. The van der Waals surface area contributed by atoms with Crippen LogP contribution in [0.5, 0.6) is 5.75 Å². The van der Waals surface area contributed by atoms with Crippen molar-refractivity contribution in [2.45, 2.75) is 13.8 Å². The molecule has 6 N–H and O–H groups in total. The van der Waals surface area contributed by atoms with Crippen molar-refractivity contribution in [3.63, 3.8) is 0 Å². The first-order valence-corrected chi connectivity index (χ1v) is 6.95. The maximum absolute atomic E-state index is 10.9. The lowest BCUT2D eigenvalue weighted by atomic mass is 10.1. The largest absolute Gasteiger partial charge is 0.506 e. The topological polar surface area (TPSA) is 139 Å². The SMILES string of the molecule is CC(=O)c1cccc(C(=O)O)c1O.Cc1ccc(N=C(N)N)cc1. The normalized spacial score (nSPS) is 9.42. The lowest BCUT2D eigenvalue weighted by Gasteiger charge is -2.02. The Morgan fingerprint density at radius 2 is 1.54 bits per heavy atom. The van der Waals surface area contributed by atoms with E-state index in [4.69, 9.17) is 16.6 Å². The van der Waals surface area contributed by atoms with Crippen LogP contribution in [0.1, 0.15) is 33.2 Å². The van der Waals surface area contributed by atoms with Crippen molar-refractivity contribution in [2.75, 3.05) is 0 Å². The summed E-state index contributed by atoms with van der Waals surface area (Å²) in [5.41, 5.74) is 12.1. The van der Waals surface area contributed by atoms with Gasteiger partial charge in [0.1, 0.15) is 11.3 Å². The molecule has 7 nitrogen and oxygen atoms in total. The smallest absolute Gasteiger partial charge is 0.339 e. The van der Waals surface area contributed by atoms with E-state index < -0.39 is 11.7 Å². The summed E-state index contributed by atoms with van der Waals surface area (Å²) in [5, 5.41) is 17.9. The van der Waals surface area contributed by atoms with Crippen LogP contribution >= 0.6 is 0 Å². The highest BCUT2D eigenvalue weighted by Crippen LogP contribution is 2.22. The molecule has 0 aliphatic rings.